The van der Waals surface area contributed by atoms with Gasteiger partial charge >= 0.3 is 0 Å². The van der Waals surface area contributed by atoms with Crippen molar-refractivity contribution in [2.24, 2.45) is 0 Å². The van der Waals surface area contributed by atoms with Crippen LogP contribution in [0, 0.1) is 0 Å². The summed E-state index contributed by atoms with van der Waals surface area (Å²) < 4.78 is 4.83. The highest BCUT2D eigenvalue weighted by atomic mass is 15.0. The standard InChI is InChI=1S/C55H36N2/c1-4-14-36(15-5-1)37-24-26-38(27-25-37)53-44-30-28-39(40-29-32-51-48(35-40)43-20-10-12-22-49(43)56(51)41-16-6-2-7-17-41)34-47(44)45-31-33-52-54(55(45)53)46-21-11-13-23-50(46)57(52)42-18-8-3-9-19-42/h1-35,53H. The van der Waals surface area contributed by atoms with Gasteiger partial charge in [-0.1, -0.05) is 152 Å². The van der Waals surface area contributed by atoms with Crippen molar-refractivity contribution in [1.82, 2.24) is 9.13 Å². The maximum atomic E-state index is 2.45. The highest BCUT2D eigenvalue weighted by Crippen LogP contribution is 2.54. The maximum absolute atomic E-state index is 2.45. The Morgan fingerprint density at radius 1 is 0.316 bits per heavy atom. The van der Waals surface area contributed by atoms with Gasteiger partial charge in [0.15, 0.2) is 0 Å². The second kappa shape index (κ2) is 12.6. The summed E-state index contributed by atoms with van der Waals surface area (Å²) in [7, 11) is 0. The van der Waals surface area contributed by atoms with Crippen LogP contribution in [0.2, 0.25) is 0 Å². The molecule has 1 aliphatic carbocycles. The lowest BCUT2D eigenvalue weighted by Crippen LogP contribution is -2.00. The number of fused-ring (bicyclic) bond motifs is 10. The predicted molar refractivity (Wildman–Crippen MR) is 239 cm³/mol. The summed E-state index contributed by atoms with van der Waals surface area (Å²) in [6.07, 6.45) is 0. The van der Waals surface area contributed by atoms with Crippen LogP contribution in [-0.2, 0) is 0 Å². The molecule has 1 unspecified atom stereocenters. The van der Waals surface area contributed by atoms with E-state index in [1.54, 1.807) is 0 Å². The molecule has 1 atom stereocenters. The summed E-state index contributed by atoms with van der Waals surface area (Å²) in [5.41, 5.74) is 18.8. The Labute approximate surface area is 331 Å². The van der Waals surface area contributed by atoms with Crippen LogP contribution < -0.4 is 0 Å². The largest absolute Gasteiger partial charge is 0.309 e. The first-order valence-corrected chi connectivity index (χ1v) is 19.8. The molecule has 0 radical (unpaired) electrons. The first-order valence-electron chi connectivity index (χ1n) is 19.8. The minimum atomic E-state index is 0.0823. The van der Waals surface area contributed by atoms with E-state index in [4.69, 9.17) is 0 Å². The van der Waals surface area contributed by atoms with Crippen molar-refractivity contribution in [2.45, 2.75) is 5.92 Å². The summed E-state index contributed by atoms with van der Waals surface area (Å²) >= 11 is 0. The SMILES string of the molecule is c1ccc(-c2ccc(C3c4ccc(-c5ccc6c(c5)c5ccccc5n6-c5ccccc5)cc4-c4ccc5c(c43)c3ccccc3n5-c3ccccc3)cc2)cc1. The molecular formula is C55H36N2. The van der Waals surface area contributed by atoms with Gasteiger partial charge in [0.2, 0.25) is 0 Å². The van der Waals surface area contributed by atoms with Crippen molar-refractivity contribution in [2.75, 3.05) is 0 Å². The Kier molecular flexibility index (Phi) is 7.02. The summed E-state index contributed by atoms with van der Waals surface area (Å²) in [6.45, 7) is 0. The monoisotopic (exact) mass is 724 g/mol. The van der Waals surface area contributed by atoms with E-state index in [2.05, 4.69) is 221 Å². The molecule has 0 N–H and O–H groups in total. The Morgan fingerprint density at radius 3 is 1.54 bits per heavy atom. The molecule has 11 aromatic rings. The van der Waals surface area contributed by atoms with E-state index in [-0.39, 0.29) is 5.92 Å². The molecule has 0 saturated carbocycles. The van der Waals surface area contributed by atoms with Gasteiger partial charge in [0.1, 0.15) is 0 Å². The zero-order chi connectivity index (χ0) is 37.5. The van der Waals surface area contributed by atoms with Crippen LogP contribution >= 0.6 is 0 Å². The molecule has 1 aliphatic rings. The van der Waals surface area contributed by atoms with E-state index < -0.39 is 0 Å². The molecule has 0 aliphatic heterocycles. The third-order valence-electron chi connectivity index (χ3n) is 12.2. The number of para-hydroxylation sites is 4. The van der Waals surface area contributed by atoms with E-state index in [0.29, 0.717) is 0 Å². The van der Waals surface area contributed by atoms with Crippen LogP contribution in [-0.4, -0.2) is 9.13 Å². The minimum Gasteiger partial charge on any atom is -0.309 e. The maximum Gasteiger partial charge on any atom is 0.0544 e. The fraction of sp³-hybridized carbons (Fsp3) is 0.0182. The van der Waals surface area contributed by atoms with Gasteiger partial charge in [-0.2, -0.15) is 0 Å². The molecule has 0 fully saturated rings. The molecule has 12 rings (SSSR count). The average molecular weight is 725 g/mol. The molecule has 2 heteroatoms. The molecule has 9 aromatic carbocycles. The van der Waals surface area contributed by atoms with Crippen LogP contribution in [0.15, 0.2) is 212 Å². The molecule has 0 amide bonds. The van der Waals surface area contributed by atoms with Crippen molar-refractivity contribution in [1.29, 1.82) is 0 Å². The topological polar surface area (TPSA) is 9.86 Å². The number of hydrogen-bond acceptors (Lipinski definition) is 0. The molecular weight excluding hydrogens is 689 g/mol. The van der Waals surface area contributed by atoms with Gasteiger partial charge in [0.05, 0.1) is 22.1 Å². The van der Waals surface area contributed by atoms with Crippen molar-refractivity contribution < 1.29 is 0 Å². The lowest BCUT2D eigenvalue weighted by Gasteiger charge is -2.17. The third-order valence-corrected chi connectivity index (χ3v) is 12.2. The fourth-order valence-corrected chi connectivity index (χ4v) is 9.71. The van der Waals surface area contributed by atoms with E-state index >= 15 is 0 Å². The molecule has 0 saturated heterocycles. The molecule has 0 bridgehead atoms. The van der Waals surface area contributed by atoms with Gasteiger partial charge in [0, 0.05) is 38.8 Å². The fourth-order valence-electron chi connectivity index (χ4n) is 9.71. The number of nitrogens with zero attached hydrogens (tertiary/aromatic N) is 2. The first kappa shape index (κ1) is 31.9. The number of benzene rings is 9. The Hall–Kier alpha value is -7.42. The van der Waals surface area contributed by atoms with Crippen LogP contribution in [0.1, 0.15) is 22.6 Å². The van der Waals surface area contributed by atoms with Gasteiger partial charge in [-0.25, -0.2) is 0 Å². The highest BCUT2D eigenvalue weighted by molar-refractivity contribution is 6.15. The van der Waals surface area contributed by atoms with Crippen molar-refractivity contribution >= 4 is 43.6 Å². The summed E-state index contributed by atoms with van der Waals surface area (Å²) in [5.74, 6) is 0.0823. The smallest absolute Gasteiger partial charge is 0.0544 e. The zero-order valence-corrected chi connectivity index (χ0v) is 31.2. The summed E-state index contributed by atoms with van der Waals surface area (Å²) in [6, 6.07) is 78.1. The number of rotatable bonds is 5. The number of hydrogen-bond donors (Lipinski definition) is 0. The molecule has 0 spiro atoms. The van der Waals surface area contributed by atoms with E-state index in [1.165, 1.54) is 105 Å². The van der Waals surface area contributed by atoms with Crippen LogP contribution in [0.5, 0.6) is 0 Å². The van der Waals surface area contributed by atoms with Crippen LogP contribution in [0.4, 0.5) is 0 Å². The predicted octanol–water partition coefficient (Wildman–Crippen LogP) is 14.4. The normalized spacial score (nSPS) is 13.4. The lowest BCUT2D eigenvalue weighted by atomic mass is 9.86. The Bertz CT molecular complexity index is 3320. The molecule has 2 aromatic heterocycles. The summed E-state index contributed by atoms with van der Waals surface area (Å²) in [4.78, 5) is 0. The minimum absolute atomic E-state index is 0.0823. The first-order chi connectivity index (χ1) is 28.3. The molecule has 57 heavy (non-hydrogen) atoms. The molecule has 2 nitrogen and oxygen atoms in total. The second-order valence-corrected chi connectivity index (χ2v) is 15.3. The van der Waals surface area contributed by atoms with Crippen LogP contribution in [0.3, 0.4) is 0 Å². The van der Waals surface area contributed by atoms with Gasteiger partial charge in [-0.3, -0.25) is 0 Å². The van der Waals surface area contributed by atoms with Gasteiger partial charge in [0.25, 0.3) is 0 Å². The molecule has 2 heterocycles. The Balaban J connectivity index is 1.08. The average Bonchev–Trinajstić information content (AvgIpc) is 3.92. The molecule has 266 valence electrons. The zero-order valence-electron chi connectivity index (χ0n) is 31.2. The van der Waals surface area contributed by atoms with Crippen molar-refractivity contribution in [3.63, 3.8) is 0 Å². The summed E-state index contributed by atoms with van der Waals surface area (Å²) in [5, 5.41) is 5.14. The van der Waals surface area contributed by atoms with E-state index in [0.717, 1.165) is 0 Å². The Morgan fingerprint density at radius 2 is 0.825 bits per heavy atom. The second-order valence-electron chi connectivity index (χ2n) is 15.3. The lowest BCUT2D eigenvalue weighted by molar-refractivity contribution is 1.03. The third kappa shape index (κ3) is 4.84. The van der Waals surface area contributed by atoms with Gasteiger partial charge in [-0.05, 0) is 111 Å². The number of aromatic nitrogens is 2. The highest BCUT2D eigenvalue weighted by Gasteiger charge is 2.34. The van der Waals surface area contributed by atoms with Gasteiger partial charge in [-0.15, -0.1) is 0 Å². The quantitative estimate of drug-likeness (QED) is 0.167. The van der Waals surface area contributed by atoms with Gasteiger partial charge < -0.3 is 9.13 Å². The van der Waals surface area contributed by atoms with Crippen LogP contribution in [0.25, 0.3) is 88.4 Å². The van der Waals surface area contributed by atoms with E-state index in [9.17, 15) is 0 Å². The van der Waals surface area contributed by atoms with Crippen molar-refractivity contribution in [3.8, 4) is 44.8 Å². The van der Waals surface area contributed by atoms with E-state index in [1.807, 2.05) is 0 Å². The van der Waals surface area contributed by atoms with Crippen molar-refractivity contribution in [3.05, 3.63) is 229 Å².